The molecule has 0 aliphatic heterocycles. The Bertz CT molecular complexity index is 830. The van der Waals surface area contributed by atoms with Crippen LogP contribution in [0.2, 0.25) is 0 Å². The summed E-state index contributed by atoms with van der Waals surface area (Å²) < 4.78 is 5.00. The van der Waals surface area contributed by atoms with E-state index in [1.54, 1.807) is 18.2 Å². The van der Waals surface area contributed by atoms with Gasteiger partial charge in [-0.3, -0.25) is 4.98 Å². The van der Waals surface area contributed by atoms with E-state index in [2.05, 4.69) is 16.0 Å². The summed E-state index contributed by atoms with van der Waals surface area (Å²) in [6, 6.07) is 9.30. The smallest absolute Gasteiger partial charge is 0.408 e. The van der Waals surface area contributed by atoms with Crippen LogP contribution in [0.25, 0.3) is 22.4 Å². The van der Waals surface area contributed by atoms with E-state index >= 15 is 0 Å². The zero-order valence-electron chi connectivity index (χ0n) is 9.57. The SMILES string of the molecule is Cc1[nH]c(-c2ccc3[nH]c(=O)oc3c2)cc1C#N. The second kappa shape index (κ2) is 3.64. The van der Waals surface area contributed by atoms with E-state index in [4.69, 9.17) is 9.68 Å². The lowest BCUT2D eigenvalue weighted by Crippen LogP contribution is -1.92. The maximum absolute atomic E-state index is 11.1. The van der Waals surface area contributed by atoms with Gasteiger partial charge >= 0.3 is 5.76 Å². The fraction of sp³-hybridized carbons (Fsp3) is 0.0769. The highest BCUT2D eigenvalue weighted by Gasteiger charge is 2.08. The molecule has 18 heavy (non-hydrogen) atoms. The van der Waals surface area contributed by atoms with Crippen LogP contribution < -0.4 is 5.76 Å². The van der Waals surface area contributed by atoms with E-state index in [0.717, 1.165) is 17.0 Å². The lowest BCUT2D eigenvalue weighted by Gasteiger charge is -1.96. The normalized spacial score (nSPS) is 10.7. The first kappa shape index (κ1) is 10.4. The summed E-state index contributed by atoms with van der Waals surface area (Å²) in [7, 11) is 0. The van der Waals surface area contributed by atoms with E-state index in [1.165, 1.54) is 0 Å². The van der Waals surface area contributed by atoms with Gasteiger partial charge in [-0.2, -0.15) is 5.26 Å². The maximum Gasteiger partial charge on any atom is 0.417 e. The van der Waals surface area contributed by atoms with Crippen LogP contribution >= 0.6 is 0 Å². The third-order valence-electron chi connectivity index (χ3n) is 2.87. The molecule has 0 radical (unpaired) electrons. The molecule has 0 saturated heterocycles. The molecule has 2 heterocycles. The Hall–Kier alpha value is -2.74. The number of aromatic amines is 2. The van der Waals surface area contributed by atoms with Gasteiger partial charge in [0.2, 0.25) is 0 Å². The van der Waals surface area contributed by atoms with Gasteiger partial charge in [0, 0.05) is 17.0 Å². The number of hydrogen-bond donors (Lipinski definition) is 2. The lowest BCUT2D eigenvalue weighted by molar-refractivity contribution is 0.555. The second-order valence-electron chi connectivity index (χ2n) is 4.06. The number of hydrogen-bond acceptors (Lipinski definition) is 3. The molecule has 2 N–H and O–H groups in total. The van der Waals surface area contributed by atoms with Crippen LogP contribution in [0.15, 0.2) is 33.5 Å². The van der Waals surface area contributed by atoms with Crippen molar-refractivity contribution >= 4 is 11.1 Å². The van der Waals surface area contributed by atoms with Crippen molar-refractivity contribution in [1.82, 2.24) is 9.97 Å². The molecule has 0 unspecified atom stereocenters. The number of fused-ring (bicyclic) bond motifs is 1. The Kier molecular flexibility index (Phi) is 2.10. The number of oxazole rings is 1. The van der Waals surface area contributed by atoms with Crippen LogP contribution in [0.1, 0.15) is 11.3 Å². The number of benzene rings is 1. The molecule has 0 spiro atoms. The maximum atomic E-state index is 11.1. The van der Waals surface area contributed by atoms with Gasteiger partial charge in [-0.05, 0) is 25.1 Å². The summed E-state index contributed by atoms with van der Waals surface area (Å²) in [6.45, 7) is 1.84. The highest BCUT2D eigenvalue weighted by Crippen LogP contribution is 2.24. The molecule has 88 valence electrons. The second-order valence-corrected chi connectivity index (χ2v) is 4.06. The molecule has 0 atom stereocenters. The fourth-order valence-electron chi connectivity index (χ4n) is 1.94. The Morgan fingerprint density at radius 1 is 1.28 bits per heavy atom. The Morgan fingerprint density at radius 3 is 2.83 bits per heavy atom. The molecule has 0 aliphatic carbocycles. The van der Waals surface area contributed by atoms with Crippen LogP contribution in [0, 0.1) is 18.3 Å². The van der Waals surface area contributed by atoms with Crippen LogP contribution in [0.5, 0.6) is 0 Å². The van der Waals surface area contributed by atoms with Crippen molar-refractivity contribution < 1.29 is 4.42 Å². The van der Waals surface area contributed by atoms with Crippen molar-refractivity contribution in [3.05, 3.63) is 46.1 Å². The number of rotatable bonds is 1. The molecule has 0 aliphatic rings. The minimum absolute atomic E-state index is 0.470. The monoisotopic (exact) mass is 239 g/mol. The third kappa shape index (κ3) is 1.52. The number of H-pyrrole nitrogens is 2. The van der Waals surface area contributed by atoms with Gasteiger partial charge in [-0.1, -0.05) is 6.07 Å². The first-order valence-corrected chi connectivity index (χ1v) is 5.40. The summed E-state index contributed by atoms with van der Waals surface area (Å²) in [4.78, 5) is 16.8. The predicted molar refractivity (Wildman–Crippen MR) is 66.1 cm³/mol. The number of nitrogens with one attached hydrogen (secondary N) is 2. The van der Waals surface area contributed by atoms with Gasteiger partial charge in [-0.15, -0.1) is 0 Å². The number of aromatic nitrogens is 2. The van der Waals surface area contributed by atoms with E-state index in [0.29, 0.717) is 16.7 Å². The van der Waals surface area contributed by atoms with Crippen LogP contribution in [-0.4, -0.2) is 9.97 Å². The Morgan fingerprint density at radius 2 is 2.11 bits per heavy atom. The number of aryl methyl sites for hydroxylation is 1. The average molecular weight is 239 g/mol. The number of nitrogens with zero attached hydrogens (tertiary/aromatic N) is 1. The molecule has 3 rings (SSSR count). The van der Waals surface area contributed by atoms with Crippen LogP contribution in [0.4, 0.5) is 0 Å². The minimum Gasteiger partial charge on any atom is -0.408 e. The van der Waals surface area contributed by atoms with Crippen molar-refractivity contribution in [3.63, 3.8) is 0 Å². The highest BCUT2D eigenvalue weighted by molar-refractivity contribution is 5.79. The standard InChI is InChI=1S/C13H9N3O2/c1-7-9(6-14)4-11(15-7)8-2-3-10-12(5-8)18-13(17)16-10/h2-5,15H,1H3,(H,16,17). The van der Waals surface area contributed by atoms with Gasteiger partial charge in [-0.25, -0.2) is 4.79 Å². The van der Waals surface area contributed by atoms with Gasteiger partial charge in [0.25, 0.3) is 0 Å². The Balaban J connectivity index is 2.18. The summed E-state index contributed by atoms with van der Waals surface area (Å²) in [5, 5.41) is 8.92. The molecule has 0 fully saturated rings. The molecule has 1 aromatic carbocycles. The summed E-state index contributed by atoms with van der Waals surface area (Å²) in [5.41, 5.74) is 4.30. The minimum atomic E-state index is -0.470. The lowest BCUT2D eigenvalue weighted by atomic mass is 10.1. The van der Waals surface area contributed by atoms with Crippen LogP contribution in [0.3, 0.4) is 0 Å². The van der Waals surface area contributed by atoms with Gasteiger partial charge in [0.05, 0.1) is 11.1 Å². The molecule has 0 bridgehead atoms. The topological polar surface area (TPSA) is 85.6 Å². The molecule has 3 aromatic rings. The van der Waals surface area contributed by atoms with Gasteiger partial charge in [0.1, 0.15) is 6.07 Å². The van der Waals surface area contributed by atoms with E-state index in [9.17, 15) is 4.79 Å². The molecule has 5 heteroatoms. The predicted octanol–water partition coefficient (Wildman–Crippen LogP) is 2.30. The van der Waals surface area contributed by atoms with Gasteiger partial charge < -0.3 is 9.40 Å². The van der Waals surface area contributed by atoms with Crippen molar-refractivity contribution in [2.45, 2.75) is 6.92 Å². The zero-order chi connectivity index (χ0) is 12.7. The zero-order valence-corrected chi connectivity index (χ0v) is 9.57. The van der Waals surface area contributed by atoms with Crippen LogP contribution in [-0.2, 0) is 0 Å². The van der Waals surface area contributed by atoms with E-state index < -0.39 is 5.76 Å². The van der Waals surface area contributed by atoms with E-state index in [-0.39, 0.29) is 0 Å². The molecule has 0 saturated carbocycles. The van der Waals surface area contributed by atoms with Crippen molar-refractivity contribution in [1.29, 1.82) is 5.26 Å². The van der Waals surface area contributed by atoms with Gasteiger partial charge in [0.15, 0.2) is 5.58 Å². The summed E-state index contributed by atoms with van der Waals surface area (Å²) in [6.07, 6.45) is 0. The Labute approximate surface area is 102 Å². The molecule has 2 aromatic heterocycles. The first-order chi connectivity index (χ1) is 8.67. The van der Waals surface area contributed by atoms with Crippen molar-refractivity contribution in [2.75, 3.05) is 0 Å². The van der Waals surface area contributed by atoms with Crippen molar-refractivity contribution in [3.8, 4) is 17.3 Å². The van der Waals surface area contributed by atoms with E-state index in [1.807, 2.05) is 13.0 Å². The fourth-order valence-corrected chi connectivity index (χ4v) is 1.94. The first-order valence-electron chi connectivity index (χ1n) is 5.40. The molecular formula is C13H9N3O2. The quantitative estimate of drug-likeness (QED) is 0.683. The van der Waals surface area contributed by atoms with Crippen molar-refractivity contribution in [2.24, 2.45) is 0 Å². The summed E-state index contributed by atoms with van der Waals surface area (Å²) >= 11 is 0. The molecule has 5 nitrogen and oxygen atoms in total. The third-order valence-corrected chi connectivity index (χ3v) is 2.87. The average Bonchev–Trinajstić information content (AvgIpc) is 2.89. The summed E-state index contributed by atoms with van der Waals surface area (Å²) in [5.74, 6) is -0.470. The molecule has 0 amide bonds. The highest BCUT2D eigenvalue weighted by atomic mass is 16.4. The molecular weight excluding hydrogens is 230 g/mol. The number of nitriles is 1. The largest absolute Gasteiger partial charge is 0.417 e.